The fraction of sp³-hybridized carbons (Fsp3) is 0.750. The topological polar surface area (TPSA) is 55.3 Å². The molecule has 90 valence electrons. The summed E-state index contributed by atoms with van der Waals surface area (Å²) in [5.74, 6) is 0.972. The molecule has 0 aromatic carbocycles. The summed E-state index contributed by atoms with van der Waals surface area (Å²) in [4.78, 5) is 2.54. The Kier molecular flexibility index (Phi) is 3.61. The lowest BCUT2D eigenvalue weighted by Gasteiger charge is -2.27. The molecule has 4 heteroatoms. The molecule has 1 fully saturated rings. The Morgan fingerprint density at radius 2 is 2.44 bits per heavy atom. The van der Waals surface area contributed by atoms with Crippen molar-refractivity contribution in [1.82, 2.24) is 10.1 Å². The minimum atomic E-state index is 0.521. The summed E-state index contributed by atoms with van der Waals surface area (Å²) in [6.45, 7) is 6.23. The van der Waals surface area contributed by atoms with Crippen LogP contribution in [0.1, 0.15) is 38.0 Å². The number of rotatable bonds is 4. The van der Waals surface area contributed by atoms with E-state index in [1.807, 2.05) is 0 Å². The molecule has 2 N–H and O–H groups in total. The van der Waals surface area contributed by atoms with Gasteiger partial charge in [0.15, 0.2) is 0 Å². The largest absolute Gasteiger partial charge is 0.361 e. The number of nitrogens with two attached hydrogens (primary N) is 1. The van der Waals surface area contributed by atoms with Gasteiger partial charge in [-0.05, 0) is 33.2 Å². The summed E-state index contributed by atoms with van der Waals surface area (Å²) in [6, 6.07) is 1.20. The van der Waals surface area contributed by atoms with Gasteiger partial charge in [0.25, 0.3) is 0 Å². The van der Waals surface area contributed by atoms with E-state index < -0.39 is 0 Å². The van der Waals surface area contributed by atoms with Crippen molar-refractivity contribution >= 4 is 0 Å². The summed E-state index contributed by atoms with van der Waals surface area (Å²) in [6.07, 6.45) is 5.23. The summed E-state index contributed by atoms with van der Waals surface area (Å²) in [5, 5.41) is 3.83. The van der Waals surface area contributed by atoms with E-state index in [2.05, 4.69) is 23.9 Å². The third-order valence-corrected chi connectivity index (χ3v) is 3.46. The highest BCUT2D eigenvalue weighted by Gasteiger charge is 2.28. The summed E-state index contributed by atoms with van der Waals surface area (Å²) < 4.78 is 5.29. The van der Waals surface area contributed by atoms with Gasteiger partial charge in [-0.25, -0.2) is 0 Å². The van der Waals surface area contributed by atoms with Gasteiger partial charge in [0, 0.05) is 30.6 Å². The second-order valence-electron chi connectivity index (χ2n) is 4.81. The van der Waals surface area contributed by atoms with E-state index in [0.717, 1.165) is 17.7 Å². The summed E-state index contributed by atoms with van der Waals surface area (Å²) in [7, 11) is 0. The summed E-state index contributed by atoms with van der Waals surface area (Å²) >= 11 is 0. The van der Waals surface area contributed by atoms with Crippen molar-refractivity contribution in [3.8, 4) is 0 Å². The SMILES string of the molecule is CC(C)N1CCCC1Cc1oncc1CN. The molecule has 4 nitrogen and oxygen atoms in total. The molecule has 0 amide bonds. The molecule has 1 aliphatic rings. The highest BCUT2D eigenvalue weighted by Crippen LogP contribution is 2.24. The van der Waals surface area contributed by atoms with Crippen LogP contribution in [-0.2, 0) is 13.0 Å². The van der Waals surface area contributed by atoms with Gasteiger partial charge < -0.3 is 10.3 Å². The molecule has 2 rings (SSSR count). The number of likely N-dealkylation sites (tertiary alicyclic amines) is 1. The lowest BCUT2D eigenvalue weighted by atomic mass is 10.1. The first kappa shape index (κ1) is 11.6. The fourth-order valence-electron chi connectivity index (χ4n) is 2.59. The number of hydrogen-bond donors (Lipinski definition) is 1. The molecule has 16 heavy (non-hydrogen) atoms. The lowest BCUT2D eigenvalue weighted by Crippen LogP contribution is -2.36. The van der Waals surface area contributed by atoms with Gasteiger partial charge in [0.2, 0.25) is 0 Å². The molecule has 1 aliphatic heterocycles. The zero-order chi connectivity index (χ0) is 11.5. The molecule has 0 radical (unpaired) electrons. The van der Waals surface area contributed by atoms with Crippen molar-refractivity contribution in [2.24, 2.45) is 5.73 Å². The number of aromatic nitrogens is 1. The van der Waals surface area contributed by atoms with Gasteiger partial charge in [0.1, 0.15) is 5.76 Å². The van der Waals surface area contributed by atoms with Crippen LogP contribution in [0, 0.1) is 0 Å². The summed E-state index contributed by atoms with van der Waals surface area (Å²) in [5.41, 5.74) is 6.70. The zero-order valence-electron chi connectivity index (χ0n) is 10.1. The van der Waals surface area contributed by atoms with E-state index in [-0.39, 0.29) is 0 Å². The van der Waals surface area contributed by atoms with Crippen LogP contribution >= 0.6 is 0 Å². The molecule has 1 saturated heterocycles. The van der Waals surface area contributed by atoms with Gasteiger partial charge >= 0.3 is 0 Å². The molecule has 0 bridgehead atoms. The van der Waals surface area contributed by atoms with Crippen LogP contribution in [0.2, 0.25) is 0 Å². The molecule has 0 saturated carbocycles. The van der Waals surface area contributed by atoms with E-state index in [9.17, 15) is 0 Å². The van der Waals surface area contributed by atoms with Crippen LogP contribution in [0.15, 0.2) is 10.7 Å². The van der Waals surface area contributed by atoms with E-state index in [0.29, 0.717) is 18.6 Å². The second kappa shape index (κ2) is 4.97. The normalized spacial score (nSPS) is 22.1. The van der Waals surface area contributed by atoms with Gasteiger partial charge in [-0.15, -0.1) is 0 Å². The minimum Gasteiger partial charge on any atom is -0.361 e. The average Bonchev–Trinajstić information content (AvgIpc) is 2.86. The monoisotopic (exact) mass is 223 g/mol. The molecule has 0 spiro atoms. The van der Waals surface area contributed by atoms with Crippen molar-refractivity contribution < 1.29 is 4.52 Å². The number of hydrogen-bond acceptors (Lipinski definition) is 4. The fourth-order valence-corrected chi connectivity index (χ4v) is 2.59. The first-order chi connectivity index (χ1) is 7.72. The van der Waals surface area contributed by atoms with E-state index >= 15 is 0 Å². The van der Waals surface area contributed by atoms with Crippen LogP contribution in [0.25, 0.3) is 0 Å². The van der Waals surface area contributed by atoms with E-state index in [1.165, 1.54) is 19.4 Å². The van der Waals surface area contributed by atoms with Crippen LogP contribution < -0.4 is 5.73 Å². The first-order valence-electron chi connectivity index (χ1n) is 6.10. The molecule has 1 aromatic rings. The van der Waals surface area contributed by atoms with Crippen LogP contribution in [0.3, 0.4) is 0 Å². The first-order valence-corrected chi connectivity index (χ1v) is 6.10. The van der Waals surface area contributed by atoms with Gasteiger partial charge in [-0.3, -0.25) is 4.90 Å². The van der Waals surface area contributed by atoms with Crippen LogP contribution in [0.5, 0.6) is 0 Å². The van der Waals surface area contributed by atoms with Gasteiger partial charge in [-0.2, -0.15) is 0 Å². The molecule has 1 aromatic heterocycles. The molecule has 1 atom stereocenters. The Balaban J connectivity index is 2.04. The lowest BCUT2D eigenvalue weighted by molar-refractivity contribution is 0.193. The Bertz CT molecular complexity index is 335. The van der Waals surface area contributed by atoms with Crippen LogP contribution in [0.4, 0.5) is 0 Å². The highest BCUT2D eigenvalue weighted by atomic mass is 16.5. The Labute approximate surface area is 96.8 Å². The number of nitrogens with zero attached hydrogens (tertiary/aromatic N) is 2. The van der Waals surface area contributed by atoms with Crippen molar-refractivity contribution in [3.63, 3.8) is 0 Å². The Hall–Kier alpha value is -0.870. The average molecular weight is 223 g/mol. The van der Waals surface area contributed by atoms with Crippen LogP contribution in [-0.4, -0.2) is 28.7 Å². The highest BCUT2D eigenvalue weighted by molar-refractivity contribution is 5.14. The third kappa shape index (κ3) is 2.28. The Morgan fingerprint density at radius 1 is 1.62 bits per heavy atom. The molecule has 2 heterocycles. The molecular formula is C12H21N3O. The quantitative estimate of drug-likeness (QED) is 0.841. The van der Waals surface area contributed by atoms with Gasteiger partial charge in [0.05, 0.1) is 6.20 Å². The van der Waals surface area contributed by atoms with Gasteiger partial charge in [-0.1, -0.05) is 5.16 Å². The zero-order valence-corrected chi connectivity index (χ0v) is 10.1. The standard InChI is InChI=1S/C12H21N3O/c1-9(2)15-5-3-4-11(15)6-12-10(7-13)8-14-16-12/h8-9,11H,3-7,13H2,1-2H3. The maximum atomic E-state index is 5.65. The minimum absolute atomic E-state index is 0.521. The van der Waals surface area contributed by atoms with Crippen molar-refractivity contribution in [3.05, 3.63) is 17.5 Å². The van der Waals surface area contributed by atoms with Crippen molar-refractivity contribution in [1.29, 1.82) is 0 Å². The molecule has 0 aliphatic carbocycles. The maximum Gasteiger partial charge on any atom is 0.142 e. The third-order valence-electron chi connectivity index (χ3n) is 3.46. The van der Waals surface area contributed by atoms with Crippen molar-refractivity contribution in [2.45, 2.75) is 51.7 Å². The smallest absolute Gasteiger partial charge is 0.142 e. The molecule has 1 unspecified atom stereocenters. The van der Waals surface area contributed by atoms with E-state index in [4.69, 9.17) is 10.3 Å². The van der Waals surface area contributed by atoms with Crippen molar-refractivity contribution in [2.75, 3.05) is 6.54 Å². The predicted molar refractivity (Wildman–Crippen MR) is 63.0 cm³/mol. The Morgan fingerprint density at radius 3 is 3.12 bits per heavy atom. The maximum absolute atomic E-state index is 5.65. The molecular weight excluding hydrogens is 202 g/mol. The predicted octanol–water partition coefficient (Wildman–Crippen LogP) is 1.55. The second-order valence-corrected chi connectivity index (χ2v) is 4.81. The van der Waals surface area contributed by atoms with E-state index in [1.54, 1.807) is 6.20 Å².